The molecule has 1 saturated carbocycles. The first kappa shape index (κ1) is 13.8. The van der Waals surface area contributed by atoms with E-state index >= 15 is 0 Å². The number of terminal acetylenes is 1. The van der Waals surface area contributed by atoms with Crippen LogP contribution in [0.15, 0.2) is 12.3 Å². The van der Waals surface area contributed by atoms with Crippen molar-refractivity contribution in [2.24, 2.45) is 0 Å². The number of aromatic nitrogens is 1. The molecule has 0 saturated heterocycles. The van der Waals surface area contributed by atoms with Gasteiger partial charge in [0.15, 0.2) is 11.6 Å². The van der Waals surface area contributed by atoms with Crippen molar-refractivity contribution in [1.29, 1.82) is 0 Å². The summed E-state index contributed by atoms with van der Waals surface area (Å²) < 4.78 is 14.4. The van der Waals surface area contributed by atoms with E-state index in [-0.39, 0.29) is 5.82 Å². The Balaban J connectivity index is 2.13. The highest BCUT2D eigenvalue weighted by molar-refractivity contribution is 5.44. The molecule has 0 bridgehead atoms. The van der Waals surface area contributed by atoms with Crippen molar-refractivity contribution in [3.8, 4) is 12.3 Å². The zero-order valence-corrected chi connectivity index (χ0v) is 11.3. The lowest BCUT2D eigenvalue weighted by Crippen LogP contribution is -2.27. The molecule has 1 aliphatic rings. The third-order valence-corrected chi connectivity index (χ3v) is 3.18. The minimum Gasteiger partial charge on any atom is -0.343 e. The number of halogens is 1. The number of hydrogen-bond acceptors (Lipinski definition) is 3. The van der Waals surface area contributed by atoms with Gasteiger partial charge in [0.2, 0.25) is 0 Å². The van der Waals surface area contributed by atoms with E-state index in [4.69, 9.17) is 6.42 Å². The first-order chi connectivity index (χ1) is 9.26. The standard InChI is InChI=1S/C15H20FN3/c1-3-9-19(10-4-2)15-14(16)12(7-8-17-15)11-18-13-5-6-13/h1,7-8,13,18H,4-6,9-11H2,2H3. The topological polar surface area (TPSA) is 28.2 Å². The molecule has 0 aromatic carbocycles. The quantitative estimate of drug-likeness (QED) is 0.764. The summed E-state index contributed by atoms with van der Waals surface area (Å²) in [5.74, 6) is 2.68. The molecule has 1 N–H and O–H groups in total. The largest absolute Gasteiger partial charge is 0.343 e. The third-order valence-electron chi connectivity index (χ3n) is 3.18. The van der Waals surface area contributed by atoms with Gasteiger partial charge >= 0.3 is 0 Å². The van der Waals surface area contributed by atoms with Crippen molar-refractivity contribution in [1.82, 2.24) is 10.3 Å². The van der Waals surface area contributed by atoms with Crippen LogP contribution >= 0.6 is 0 Å². The summed E-state index contributed by atoms with van der Waals surface area (Å²) >= 11 is 0. The number of nitrogens with one attached hydrogen (secondary N) is 1. The Labute approximate surface area is 114 Å². The van der Waals surface area contributed by atoms with Gasteiger partial charge in [-0.1, -0.05) is 12.8 Å². The molecular weight excluding hydrogens is 241 g/mol. The average molecular weight is 261 g/mol. The lowest BCUT2D eigenvalue weighted by Gasteiger charge is -2.22. The zero-order valence-electron chi connectivity index (χ0n) is 11.3. The van der Waals surface area contributed by atoms with Gasteiger partial charge in [0.05, 0.1) is 6.54 Å². The van der Waals surface area contributed by atoms with Gasteiger partial charge in [-0.15, -0.1) is 6.42 Å². The Morgan fingerprint density at radius 3 is 3.00 bits per heavy atom. The molecule has 0 aliphatic heterocycles. The number of nitrogens with zero attached hydrogens (tertiary/aromatic N) is 2. The van der Waals surface area contributed by atoms with E-state index in [0.717, 1.165) is 6.42 Å². The van der Waals surface area contributed by atoms with Gasteiger partial charge in [-0.3, -0.25) is 0 Å². The monoisotopic (exact) mass is 261 g/mol. The smallest absolute Gasteiger partial charge is 0.170 e. The van der Waals surface area contributed by atoms with Crippen LogP contribution in [-0.2, 0) is 6.54 Å². The summed E-state index contributed by atoms with van der Waals surface area (Å²) in [4.78, 5) is 5.96. The van der Waals surface area contributed by atoms with Gasteiger partial charge in [0.25, 0.3) is 0 Å². The Morgan fingerprint density at radius 2 is 2.37 bits per heavy atom. The second kappa shape index (κ2) is 6.53. The predicted molar refractivity (Wildman–Crippen MR) is 75.4 cm³/mol. The molecule has 0 radical (unpaired) electrons. The number of rotatable bonds is 7. The van der Waals surface area contributed by atoms with E-state index in [0.29, 0.717) is 37.1 Å². The molecule has 1 aliphatic carbocycles. The van der Waals surface area contributed by atoms with Gasteiger partial charge < -0.3 is 10.2 Å². The van der Waals surface area contributed by atoms with Crippen molar-refractivity contribution < 1.29 is 4.39 Å². The summed E-state index contributed by atoms with van der Waals surface area (Å²) in [5, 5.41) is 3.32. The van der Waals surface area contributed by atoms with Gasteiger partial charge in [0, 0.05) is 30.9 Å². The molecule has 1 heterocycles. The highest BCUT2D eigenvalue weighted by Gasteiger charge is 2.21. The van der Waals surface area contributed by atoms with Gasteiger partial charge in [-0.25, -0.2) is 9.37 Å². The van der Waals surface area contributed by atoms with Crippen LogP contribution in [0.2, 0.25) is 0 Å². The van der Waals surface area contributed by atoms with Crippen molar-refractivity contribution in [3.05, 3.63) is 23.6 Å². The van der Waals surface area contributed by atoms with Crippen LogP contribution in [0.3, 0.4) is 0 Å². The fraction of sp³-hybridized carbons (Fsp3) is 0.533. The second-order valence-corrected chi connectivity index (χ2v) is 4.89. The first-order valence-electron chi connectivity index (χ1n) is 6.81. The Morgan fingerprint density at radius 1 is 1.58 bits per heavy atom. The molecular formula is C15H20FN3. The molecule has 102 valence electrons. The first-order valence-corrected chi connectivity index (χ1v) is 6.81. The van der Waals surface area contributed by atoms with Crippen LogP contribution in [0.25, 0.3) is 0 Å². The number of anilines is 1. The van der Waals surface area contributed by atoms with E-state index in [1.54, 1.807) is 12.3 Å². The maximum Gasteiger partial charge on any atom is 0.170 e. The number of hydrogen-bond donors (Lipinski definition) is 1. The summed E-state index contributed by atoms with van der Waals surface area (Å²) in [6.45, 7) is 3.70. The van der Waals surface area contributed by atoms with Crippen LogP contribution in [0, 0.1) is 18.2 Å². The summed E-state index contributed by atoms with van der Waals surface area (Å²) in [6, 6.07) is 2.29. The molecule has 1 fully saturated rings. The van der Waals surface area contributed by atoms with Crippen LogP contribution in [-0.4, -0.2) is 24.1 Å². The minimum absolute atomic E-state index is 0.251. The molecule has 3 nitrogen and oxygen atoms in total. The Bertz CT molecular complexity index is 463. The fourth-order valence-electron chi connectivity index (χ4n) is 2.01. The highest BCUT2D eigenvalue weighted by Crippen LogP contribution is 2.22. The maximum absolute atomic E-state index is 14.4. The van der Waals surface area contributed by atoms with Crippen LogP contribution < -0.4 is 10.2 Å². The van der Waals surface area contributed by atoms with Gasteiger partial charge in [0.1, 0.15) is 0 Å². The van der Waals surface area contributed by atoms with Crippen molar-refractivity contribution in [2.45, 2.75) is 38.8 Å². The third kappa shape index (κ3) is 3.68. The summed E-state index contributed by atoms with van der Waals surface area (Å²) in [6.07, 6.45) is 10.3. The molecule has 19 heavy (non-hydrogen) atoms. The molecule has 0 spiro atoms. The van der Waals surface area contributed by atoms with Crippen molar-refractivity contribution in [2.75, 3.05) is 18.0 Å². The van der Waals surface area contributed by atoms with Gasteiger partial charge in [-0.2, -0.15) is 0 Å². The average Bonchev–Trinajstić information content (AvgIpc) is 3.22. The Kier molecular flexibility index (Phi) is 4.75. The van der Waals surface area contributed by atoms with Gasteiger partial charge in [-0.05, 0) is 25.3 Å². The van der Waals surface area contributed by atoms with E-state index in [2.05, 4.69) is 16.2 Å². The van der Waals surface area contributed by atoms with E-state index in [9.17, 15) is 4.39 Å². The highest BCUT2D eigenvalue weighted by atomic mass is 19.1. The summed E-state index contributed by atoms with van der Waals surface area (Å²) in [7, 11) is 0. The molecule has 0 unspecified atom stereocenters. The van der Waals surface area contributed by atoms with Crippen molar-refractivity contribution >= 4 is 5.82 Å². The molecule has 1 aromatic rings. The lowest BCUT2D eigenvalue weighted by atomic mass is 10.2. The van der Waals surface area contributed by atoms with E-state index in [1.165, 1.54) is 12.8 Å². The molecule has 0 atom stereocenters. The van der Waals surface area contributed by atoms with Crippen molar-refractivity contribution in [3.63, 3.8) is 0 Å². The number of pyridine rings is 1. The SMILES string of the molecule is C#CCN(CCC)c1nccc(CNC2CC2)c1F. The summed E-state index contributed by atoms with van der Waals surface area (Å²) in [5.41, 5.74) is 0.662. The molecule has 1 aromatic heterocycles. The Hall–Kier alpha value is -1.60. The lowest BCUT2D eigenvalue weighted by molar-refractivity contribution is 0.575. The van der Waals surface area contributed by atoms with Crippen LogP contribution in [0.4, 0.5) is 10.2 Å². The minimum atomic E-state index is -0.251. The zero-order chi connectivity index (χ0) is 13.7. The van der Waals surface area contributed by atoms with E-state index < -0.39 is 0 Å². The normalized spacial score (nSPS) is 14.2. The molecule has 4 heteroatoms. The molecule has 2 rings (SSSR count). The van der Waals surface area contributed by atoms with Crippen LogP contribution in [0.1, 0.15) is 31.7 Å². The van der Waals surface area contributed by atoms with Crippen LogP contribution in [0.5, 0.6) is 0 Å². The fourth-order valence-corrected chi connectivity index (χ4v) is 2.01. The van der Waals surface area contributed by atoms with E-state index in [1.807, 2.05) is 11.8 Å². The predicted octanol–water partition coefficient (Wildman–Crippen LogP) is 2.32. The second-order valence-electron chi connectivity index (χ2n) is 4.89. The maximum atomic E-state index is 14.4. The molecule has 0 amide bonds.